The number of aromatic nitrogens is 2. The Labute approximate surface area is 113 Å². The van der Waals surface area contributed by atoms with E-state index in [4.69, 9.17) is 0 Å². The van der Waals surface area contributed by atoms with Crippen LogP contribution in [0.4, 0.5) is 5.69 Å². The molecule has 3 rings (SSSR count). The Morgan fingerprint density at radius 1 is 1.28 bits per heavy atom. The van der Waals surface area contributed by atoms with Crippen molar-refractivity contribution in [2.24, 2.45) is 0 Å². The molecule has 0 amide bonds. The van der Waals surface area contributed by atoms with E-state index in [2.05, 4.69) is 55.5 Å². The second-order valence-electron chi connectivity index (χ2n) is 4.10. The van der Waals surface area contributed by atoms with E-state index in [-0.39, 0.29) is 0 Å². The maximum atomic E-state index is 4.46. The van der Waals surface area contributed by atoms with Crippen LogP contribution in [0.25, 0.3) is 10.9 Å². The van der Waals surface area contributed by atoms with E-state index in [1.807, 2.05) is 24.7 Å². The van der Waals surface area contributed by atoms with Gasteiger partial charge in [0, 0.05) is 35.0 Å². The molecule has 0 spiro atoms. The van der Waals surface area contributed by atoms with Gasteiger partial charge in [-0.05, 0) is 39.7 Å². The van der Waals surface area contributed by atoms with Gasteiger partial charge in [0.15, 0.2) is 0 Å². The third kappa shape index (κ3) is 2.24. The predicted molar refractivity (Wildman–Crippen MR) is 77.6 cm³/mol. The van der Waals surface area contributed by atoms with Crippen molar-refractivity contribution in [3.63, 3.8) is 0 Å². The van der Waals surface area contributed by atoms with Gasteiger partial charge in [-0.3, -0.25) is 4.98 Å². The van der Waals surface area contributed by atoms with Gasteiger partial charge >= 0.3 is 0 Å². The van der Waals surface area contributed by atoms with Crippen molar-refractivity contribution >= 4 is 32.5 Å². The first-order valence-corrected chi connectivity index (χ1v) is 6.52. The third-order valence-corrected chi connectivity index (χ3v) is 3.26. The Morgan fingerprint density at radius 3 is 3.06 bits per heavy atom. The number of hydrogen-bond donors (Lipinski definition) is 2. The summed E-state index contributed by atoms with van der Waals surface area (Å²) in [6, 6.07) is 10.3. The summed E-state index contributed by atoms with van der Waals surface area (Å²) in [4.78, 5) is 7.51. The lowest BCUT2D eigenvalue weighted by Gasteiger charge is -2.08. The number of H-pyrrole nitrogens is 1. The predicted octanol–water partition coefficient (Wildman–Crippen LogP) is 3.94. The zero-order valence-electron chi connectivity index (χ0n) is 9.65. The lowest BCUT2D eigenvalue weighted by Crippen LogP contribution is -1.99. The zero-order chi connectivity index (χ0) is 12.4. The minimum absolute atomic E-state index is 0.792. The minimum atomic E-state index is 0.792. The first-order valence-electron chi connectivity index (χ1n) is 5.73. The van der Waals surface area contributed by atoms with Gasteiger partial charge < -0.3 is 10.3 Å². The van der Waals surface area contributed by atoms with Crippen molar-refractivity contribution in [1.29, 1.82) is 0 Å². The number of anilines is 1. The highest BCUT2D eigenvalue weighted by Gasteiger charge is 2.02. The summed E-state index contributed by atoms with van der Waals surface area (Å²) in [5.74, 6) is 0. The number of fused-ring (bicyclic) bond motifs is 1. The van der Waals surface area contributed by atoms with E-state index >= 15 is 0 Å². The number of rotatable bonds is 3. The van der Waals surface area contributed by atoms with Crippen LogP contribution in [0.2, 0.25) is 0 Å². The average Bonchev–Trinajstić information content (AvgIpc) is 2.89. The lowest BCUT2D eigenvalue weighted by atomic mass is 10.2. The molecule has 0 bridgehead atoms. The minimum Gasteiger partial charge on any atom is -0.379 e. The molecule has 2 N–H and O–H groups in total. The summed E-state index contributed by atoms with van der Waals surface area (Å²) in [6.45, 7) is 0.792. The number of aromatic amines is 1. The number of benzene rings is 1. The summed E-state index contributed by atoms with van der Waals surface area (Å²) in [6.07, 6.45) is 5.74. The second-order valence-corrected chi connectivity index (χ2v) is 5.02. The van der Waals surface area contributed by atoms with Gasteiger partial charge in [0.2, 0.25) is 0 Å². The van der Waals surface area contributed by atoms with Crippen molar-refractivity contribution in [2.45, 2.75) is 6.54 Å². The molecule has 0 unspecified atom stereocenters. The van der Waals surface area contributed by atoms with E-state index in [1.165, 1.54) is 5.56 Å². The van der Waals surface area contributed by atoms with Gasteiger partial charge in [0.1, 0.15) is 0 Å². The highest BCUT2D eigenvalue weighted by atomic mass is 79.9. The van der Waals surface area contributed by atoms with Crippen LogP contribution in [0.15, 0.2) is 53.4 Å². The Morgan fingerprint density at radius 2 is 2.22 bits per heavy atom. The van der Waals surface area contributed by atoms with Crippen molar-refractivity contribution in [3.05, 3.63) is 59.0 Å². The summed E-state index contributed by atoms with van der Waals surface area (Å²) in [5, 5.41) is 4.54. The fraction of sp³-hybridized carbons (Fsp3) is 0.0714. The number of hydrogen-bond acceptors (Lipinski definition) is 2. The fourth-order valence-electron chi connectivity index (χ4n) is 1.94. The molecule has 3 aromatic rings. The van der Waals surface area contributed by atoms with Crippen LogP contribution >= 0.6 is 15.9 Å². The SMILES string of the molecule is Brc1cnc2c(NCc3cc[nH]c3)cccc2c1. The van der Waals surface area contributed by atoms with Gasteiger partial charge in [-0.1, -0.05) is 12.1 Å². The molecule has 90 valence electrons. The van der Waals surface area contributed by atoms with Crippen molar-refractivity contribution in [3.8, 4) is 0 Å². The Bertz CT molecular complexity index is 662. The van der Waals surface area contributed by atoms with Crippen LogP contribution in [0, 0.1) is 0 Å². The lowest BCUT2D eigenvalue weighted by molar-refractivity contribution is 1.15. The van der Waals surface area contributed by atoms with Crippen molar-refractivity contribution < 1.29 is 0 Å². The first kappa shape index (κ1) is 11.3. The van der Waals surface area contributed by atoms with Gasteiger partial charge in [0.05, 0.1) is 11.2 Å². The molecular formula is C14H12BrN3. The summed E-state index contributed by atoms with van der Waals surface area (Å²) < 4.78 is 0.998. The molecule has 0 saturated heterocycles. The molecule has 2 aromatic heterocycles. The van der Waals surface area contributed by atoms with Crippen LogP contribution in [-0.2, 0) is 6.54 Å². The maximum absolute atomic E-state index is 4.46. The van der Waals surface area contributed by atoms with Crippen LogP contribution in [-0.4, -0.2) is 9.97 Å². The van der Waals surface area contributed by atoms with Crippen LogP contribution in [0.5, 0.6) is 0 Å². The highest BCUT2D eigenvalue weighted by Crippen LogP contribution is 2.24. The Balaban J connectivity index is 1.92. The molecule has 0 aliphatic rings. The largest absolute Gasteiger partial charge is 0.379 e. The monoisotopic (exact) mass is 301 g/mol. The normalized spacial score (nSPS) is 10.7. The Kier molecular flexibility index (Phi) is 3.02. The molecule has 0 radical (unpaired) electrons. The zero-order valence-corrected chi connectivity index (χ0v) is 11.2. The molecule has 0 aliphatic heterocycles. The highest BCUT2D eigenvalue weighted by molar-refractivity contribution is 9.10. The standard InChI is InChI=1S/C14H12BrN3/c15-12-6-11-2-1-3-13(14(11)18-9-12)17-8-10-4-5-16-7-10/h1-7,9,16-17H,8H2. The number of nitrogens with zero attached hydrogens (tertiary/aromatic N) is 1. The van der Waals surface area contributed by atoms with Gasteiger partial charge in [-0.15, -0.1) is 0 Å². The smallest absolute Gasteiger partial charge is 0.0934 e. The molecule has 0 saturated carbocycles. The van der Waals surface area contributed by atoms with E-state index in [0.717, 1.165) is 27.6 Å². The average molecular weight is 302 g/mol. The fourth-order valence-corrected chi connectivity index (χ4v) is 2.29. The van der Waals surface area contributed by atoms with E-state index in [0.29, 0.717) is 0 Å². The number of halogens is 1. The molecule has 0 aliphatic carbocycles. The second kappa shape index (κ2) is 4.82. The molecule has 0 fully saturated rings. The van der Waals surface area contributed by atoms with Gasteiger partial charge in [-0.2, -0.15) is 0 Å². The van der Waals surface area contributed by atoms with E-state index in [1.54, 1.807) is 0 Å². The summed E-state index contributed by atoms with van der Waals surface area (Å²) >= 11 is 3.44. The molecule has 3 nitrogen and oxygen atoms in total. The summed E-state index contributed by atoms with van der Waals surface area (Å²) in [5.41, 5.74) is 3.28. The number of para-hydroxylation sites is 1. The van der Waals surface area contributed by atoms with Crippen LogP contribution < -0.4 is 5.32 Å². The molecule has 4 heteroatoms. The topological polar surface area (TPSA) is 40.7 Å². The van der Waals surface area contributed by atoms with Crippen molar-refractivity contribution in [2.75, 3.05) is 5.32 Å². The quantitative estimate of drug-likeness (QED) is 0.769. The van der Waals surface area contributed by atoms with Gasteiger partial charge in [-0.25, -0.2) is 0 Å². The number of pyridine rings is 1. The number of nitrogens with one attached hydrogen (secondary N) is 2. The van der Waals surface area contributed by atoms with E-state index in [9.17, 15) is 0 Å². The van der Waals surface area contributed by atoms with Gasteiger partial charge in [0.25, 0.3) is 0 Å². The molecule has 2 heterocycles. The van der Waals surface area contributed by atoms with Crippen LogP contribution in [0.3, 0.4) is 0 Å². The summed E-state index contributed by atoms with van der Waals surface area (Å²) in [7, 11) is 0. The molecule has 18 heavy (non-hydrogen) atoms. The van der Waals surface area contributed by atoms with Crippen LogP contribution in [0.1, 0.15) is 5.56 Å². The molecule has 1 aromatic carbocycles. The maximum Gasteiger partial charge on any atom is 0.0934 e. The molecule has 0 atom stereocenters. The molecular weight excluding hydrogens is 290 g/mol. The third-order valence-electron chi connectivity index (χ3n) is 2.82. The Hall–Kier alpha value is -1.81. The first-order chi connectivity index (χ1) is 8.83. The van der Waals surface area contributed by atoms with E-state index < -0.39 is 0 Å². The van der Waals surface area contributed by atoms with Crippen molar-refractivity contribution in [1.82, 2.24) is 9.97 Å².